The van der Waals surface area contributed by atoms with Crippen molar-refractivity contribution >= 4 is 22.9 Å². The van der Waals surface area contributed by atoms with Crippen LogP contribution in [0.2, 0.25) is 5.02 Å². The van der Waals surface area contributed by atoms with Gasteiger partial charge in [-0.2, -0.15) is 21.4 Å². The monoisotopic (exact) mass is 384 g/mol. The molecule has 26 heavy (non-hydrogen) atoms. The van der Waals surface area contributed by atoms with Crippen LogP contribution in [0.5, 0.6) is 0 Å². The summed E-state index contributed by atoms with van der Waals surface area (Å²) in [6.07, 6.45) is -0.0587. The molecule has 8 heteroatoms. The molecule has 1 aromatic carbocycles. The maximum atomic E-state index is 5.97. The molecule has 0 unspecified atom stereocenters. The van der Waals surface area contributed by atoms with Gasteiger partial charge in [-0.25, -0.2) is 0 Å². The van der Waals surface area contributed by atoms with E-state index in [-0.39, 0.29) is 6.10 Å². The first-order valence-corrected chi connectivity index (χ1v) is 9.39. The lowest BCUT2D eigenvalue weighted by atomic mass is 10.1. The van der Waals surface area contributed by atoms with Crippen molar-refractivity contribution in [1.82, 2.24) is 19.9 Å². The van der Waals surface area contributed by atoms with Gasteiger partial charge in [0.1, 0.15) is 6.10 Å². The lowest BCUT2D eigenvalue weighted by molar-refractivity contribution is -0.00112. The van der Waals surface area contributed by atoms with Crippen molar-refractivity contribution in [3.05, 3.63) is 63.4 Å². The van der Waals surface area contributed by atoms with Crippen LogP contribution in [0.25, 0.3) is 23.0 Å². The van der Waals surface area contributed by atoms with Gasteiger partial charge in [-0.05, 0) is 35.2 Å². The molecule has 0 amide bonds. The molecule has 0 aliphatic carbocycles. The van der Waals surface area contributed by atoms with E-state index in [4.69, 9.17) is 20.9 Å². The topological polar surface area (TPSA) is 66.0 Å². The van der Waals surface area contributed by atoms with Crippen LogP contribution in [0.15, 0.2) is 51.7 Å². The summed E-state index contributed by atoms with van der Waals surface area (Å²) in [7, 11) is 0. The second-order valence-corrected chi connectivity index (χ2v) is 7.21. The van der Waals surface area contributed by atoms with Gasteiger partial charge in [0.05, 0.1) is 18.8 Å². The predicted octanol–water partition coefficient (Wildman–Crippen LogP) is 4.59. The number of hydrogen-bond donors (Lipinski definition) is 0. The van der Waals surface area contributed by atoms with Gasteiger partial charge in [0.25, 0.3) is 5.89 Å². The van der Waals surface area contributed by atoms with E-state index in [2.05, 4.69) is 15.2 Å². The molecular weight excluding hydrogens is 372 g/mol. The summed E-state index contributed by atoms with van der Waals surface area (Å²) in [6.45, 7) is 1.11. The van der Waals surface area contributed by atoms with Crippen molar-refractivity contribution in [2.45, 2.75) is 19.3 Å². The van der Waals surface area contributed by atoms with Crippen molar-refractivity contribution in [2.24, 2.45) is 0 Å². The van der Waals surface area contributed by atoms with Crippen molar-refractivity contribution in [2.75, 3.05) is 0 Å². The molecule has 1 atom stereocenters. The summed E-state index contributed by atoms with van der Waals surface area (Å²) in [4.78, 5) is 4.45. The number of aromatic nitrogens is 4. The van der Waals surface area contributed by atoms with E-state index in [1.54, 1.807) is 11.3 Å². The second-order valence-electron chi connectivity index (χ2n) is 5.99. The van der Waals surface area contributed by atoms with Crippen LogP contribution in [-0.4, -0.2) is 19.9 Å². The Morgan fingerprint density at radius 3 is 2.88 bits per heavy atom. The Balaban J connectivity index is 1.40. The number of rotatable bonds is 3. The second kappa shape index (κ2) is 6.35. The van der Waals surface area contributed by atoms with E-state index >= 15 is 0 Å². The molecule has 4 heterocycles. The molecule has 1 aliphatic heterocycles. The van der Waals surface area contributed by atoms with E-state index in [1.807, 2.05) is 51.8 Å². The minimum absolute atomic E-state index is 0.0587. The Morgan fingerprint density at radius 2 is 2.08 bits per heavy atom. The Morgan fingerprint density at radius 1 is 1.19 bits per heavy atom. The highest BCUT2D eigenvalue weighted by Gasteiger charge is 2.24. The number of fused-ring (bicyclic) bond motifs is 1. The molecule has 5 rings (SSSR count). The Bertz CT molecular complexity index is 1040. The Kier molecular flexibility index (Phi) is 3.85. The van der Waals surface area contributed by atoms with E-state index in [1.165, 1.54) is 0 Å². The summed E-state index contributed by atoms with van der Waals surface area (Å²) < 4.78 is 13.3. The van der Waals surface area contributed by atoms with Crippen LogP contribution < -0.4 is 0 Å². The maximum Gasteiger partial charge on any atom is 0.278 e. The van der Waals surface area contributed by atoms with E-state index in [9.17, 15) is 0 Å². The Labute approximate surface area is 158 Å². The largest absolute Gasteiger partial charge is 0.365 e. The van der Waals surface area contributed by atoms with E-state index in [0.717, 1.165) is 16.8 Å². The van der Waals surface area contributed by atoms with Gasteiger partial charge in [-0.15, -0.1) is 0 Å². The number of hydrogen-bond acceptors (Lipinski definition) is 6. The predicted molar refractivity (Wildman–Crippen MR) is 97.8 cm³/mol. The van der Waals surface area contributed by atoms with Gasteiger partial charge in [-0.3, -0.25) is 4.68 Å². The highest BCUT2D eigenvalue weighted by atomic mass is 35.5. The van der Waals surface area contributed by atoms with Gasteiger partial charge in [0.2, 0.25) is 5.82 Å². The lowest BCUT2D eigenvalue weighted by Gasteiger charge is -2.24. The molecular formula is C18H13ClN4O2S. The van der Waals surface area contributed by atoms with Crippen molar-refractivity contribution in [3.63, 3.8) is 0 Å². The molecule has 4 aromatic rings. The third-order valence-electron chi connectivity index (χ3n) is 4.30. The minimum Gasteiger partial charge on any atom is -0.365 e. The third kappa shape index (κ3) is 2.84. The van der Waals surface area contributed by atoms with Crippen LogP contribution in [-0.2, 0) is 17.9 Å². The molecule has 1 aliphatic rings. The van der Waals surface area contributed by atoms with Crippen molar-refractivity contribution < 1.29 is 9.26 Å². The molecule has 0 saturated heterocycles. The van der Waals surface area contributed by atoms with Gasteiger partial charge in [0.15, 0.2) is 5.69 Å². The first-order chi connectivity index (χ1) is 12.8. The summed E-state index contributed by atoms with van der Waals surface area (Å²) >= 11 is 7.56. The first kappa shape index (κ1) is 15.7. The number of ether oxygens (including phenoxy) is 1. The number of nitrogens with zero attached hydrogens (tertiary/aromatic N) is 4. The van der Waals surface area contributed by atoms with Crippen LogP contribution in [0.3, 0.4) is 0 Å². The summed E-state index contributed by atoms with van der Waals surface area (Å²) in [5, 5.41) is 13.3. The highest BCUT2D eigenvalue weighted by molar-refractivity contribution is 7.08. The van der Waals surface area contributed by atoms with Gasteiger partial charge in [0, 0.05) is 16.0 Å². The average Bonchev–Trinajstić information content (AvgIpc) is 3.40. The maximum absolute atomic E-state index is 5.97. The van der Waals surface area contributed by atoms with Crippen LogP contribution >= 0.6 is 22.9 Å². The molecule has 0 fully saturated rings. The smallest absolute Gasteiger partial charge is 0.278 e. The number of benzene rings is 1. The van der Waals surface area contributed by atoms with E-state index in [0.29, 0.717) is 35.6 Å². The Hall–Kier alpha value is -2.48. The first-order valence-electron chi connectivity index (χ1n) is 8.07. The van der Waals surface area contributed by atoms with E-state index < -0.39 is 0 Å². The van der Waals surface area contributed by atoms with Crippen molar-refractivity contribution in [3.8, 4) is 23.0 Å². The molecule has 0 N–H and O–H groups in total. The fraction of sp³-hybridized carbons (Fsp3) is 0.167. The number of halogens is 1. The van der Waals surface area contributed by atoms with Gasteiger partial charge < -0.3 is 9.26 Å². The molecule has 130 valence electrons. The third-order valence-corrected chi connectivity index (χ3v) is 5.24. The average molecular weight is 385 g/mol. The van der Waals surface area contributed by atoms with Gasteiger partial charge in [-0.1, -0.05) is 28.9 Å². The molecule has 0 saturated carbocycles. The number of thiophene rings is 1. The zero-order valence-electron chi connectivity index (χ0n) is 13.5. The minimum atomic E-state index is -0.0587. The molecule has 3 aromatic heterocycles. The standard InChI is InChI=1S/C18H13ClN4O2S/c19-13-3-1-11(2-4-13)16-8-23-14(9-24-16)7-15(21-23)18-20-17(22-25-18)12-5-6-26-10-12/h1-7,10,16H,8-9H2/t16-/m0/s1. The molecule has 0 radical (unpaired) electrons. The quantitative estimate of drug-likeness (QED) is 0.517. The van der Waals surface area contributed by atoms with Crippen LogP contribution in [0, 0.1) is 0 Å². The lowest BCUT2D eigenvalue weighted by Crippen LogP contribution is -2.21. The highest BCUT2D eigenvalue weighted by Crippen LogP contribution is 2.30. The van der Waals surface area contributed by atoms with Crippen LogP contribution in [0.1, 0.15) is 17.4 Å². The summed E-state index contributed by atoms with van der Waals surface area (Å²) in [5.74, 6) is 0.985. The zero-order chi connectivity index (χ0) is 17.5. The van der Waals surface area contributed by atoms with Crippen LogP contribution in [0.4, 0.5) is 0 Å². The normalized spacial score (nSPS) is 16.6. The molecule has 6 nitrogen and oxygen atoms in total. The zero-order valence-corrected chi connectivity index (χ0v) is 15.1. The molecule has 0 bridgehead atoms. The fourth-order valence-electron chi connectivity index (χ4n) is 2.95. The van der Waals surface area contributed by atoms with Crippen molar-refractivity contribution in [1.29, 1.82) is 0 Å². The fourth-order valence-corrected chi connectivity index (χ4v) is 3.71. The summed E-state index contributed by atoms with van der Waals surface area (Å²) in [5.41, 5.74) is 3.67. The van der Waals surface area contributed by atoms with Gasteiger partial charge >= 0.3 is 0 Å². The summed E-state index contributed by atoms with van der Waals surface area (Å²) in [6, 6.07) is 11.6. The molecule has 0 spiro atoms. The SMILES string of the molecule is Clc1ccc([C@@H]2Cn3nc(-c4nc(-c5ccsc5)no4)cc3CO2)cc1.